The van der Waals surface area contributed by atoms with Crippen LogP contribution in [0.2, 0.25) is 0 Å². The van der Waals surface area contributed by atoms with Gasteiger partial charge in [0.15, 0.2) is 5.69 Å². The van der Waals surface area contributed by atoms with Crippen LogP contribution >= 0.6 is 27.3 Å². The zero-order chi connectivity index (χ0) is 14.1. The Morgan fingerprint density at radius 2 is 2.30 bits per heavy atom. The van der Waals surface area contributed by atoms with Gasteiger partial charge in [0.05, 0.1) is 12.1 Å². The Labute approximate surface area is 127 Å². The molecule has 20 heavy (non-hydrogen) atoms. The van der Waals surface area contributed by atoms with Gasteiger partial charge in [-0.3, -0.25) is 9.89 Å². The monoisotopic (exact) mass is 350 g/mol. The van der Waals surface area contributed by atoms with E-state index < -0.39 is 0 Å². The molecule has 102 valence electrons. The number of amides is 1. The maximum Gasteiger partial charge on any atom is 0.272 e. The molecule has 0 spiro atoms. The van der Waals surface area contributed by atoms with Gasteiger partial charge in [-0.2, -0.15) is 5.10 Å². The van der Waals surface area contributed by atoms with Crippen molar-refractivity contribution in [3.63, 3.8) is 0 Å². The van der Waals surface area contributed by atoms with Crippen molar-refractivity contribution in [1.82, 2.24) is 15.5 Å². The Kier molecular flexibility index (Phi) is 3.45. The fourth-order valence-electron chi connectivity index (χ4n) is 1.90. The van der Waals surface area contributed by atoms with Crippen molar-refractivity contribution in [3.05, 3.63) is 44.7 Å². The van der Waals surface area contributed by atoms with Gasteiger partial charge >= 0.3 is 0 Å². The van der Waals surface area contributed by atoms with E-state index in [1.807, 2.05) is 17.5 Å². The average molecular weight is 351 g/mol. The number of benzene rings is 1. The topological polar surface area (TPSA) is 83.8 Å². The van der Waals surface area contributed by atoms with E-state index in [-0.39, 0.29) is 5.91 Å². The number of aromatic amines is 1. The first-order valence-corrected chi connectivity index (χ1v) is 7.56. The molecule has 0 aliphatic carbocycles. The zero-order valence-corrected chi connectivity index (χ0v) is 12.7. The molecule has 3 rings (SSSR count). The molecular formula is C13H11BrN4OS. The number of nitrogens with zero attached hydrogens (tertiary/aromatic N) is 1. The number of hydrogen-bond acceptors (Lipinski definition) is 4. The summed E-state index contributed by atoms with van der Waals surface area (Å²) in [6.07, 6.45) is 0. The number of nitrogens with one attached hydrogen (secondary N) is 2. The molecular weight excluding hydrogens is 340 g/mol. The Morgan fingerprint density at radius 3 is 3.05 bits per heavy atom. The number of rotatable bonds is 3. The fourth-order valence-corrected chi connectivity index (χ4v) is 3.33. The van der Waals surface area contributed by atoms with E-state index in [4.69, 9.17) is 5.73 Å². The van der Waals surface area contributed by atoms with Gasteiger partial charge in [-0.1, -0.05) is 0 Å². The second kappa shape index (κ2) is 5.26. The SMILES string of the molecule is Nc1ccc2[nH]nc(C(=O)NCc3sccc3Br)c2c1. The molecule has 0 saturated carbocycles. The number of carbonyl (C=O) groups excluding carboxylic acids is 1. The third kappa shape index (κ3) is 2.41. The minimum absolute atomic E-state index is 0.220. The fraction of sp³-hybridized carbons (Fsp3) is 0.0769. The Morgan fingerprint density at radius 1 is 1.45 bits per heavy atom. The summed E-state index contributed by atoms with van der Waals surface area (Å²) in [6, 6.07) is 7.28. The average Bonchev–Trinajstić information content (AvgIpc) is 3.02. The van der Waals surface area contributed by atoms with Crippen LogP contribution < -0.4 is 11.1 Å². The summed E-state index contributed by atoms with van der Waals surface area (Å²) >= 11 is 5.02. The number of hydrogen-bond donors (Lipinski definition) is 3. The lowest BCUT2D eigenvalue weighted by Crippen LogP contribution is -2.23. The molecule has 0 bridgehead atoms. The van der Waals surface area contributed by atoms with Crippen LogP contribution in [0.5, 0.6) is 0 Å². The first kappa shape index (κ1) is 13.1. The van der Waals surface area contributed by atoms with Crippen LogP contribution in [0.3, 0.4) is 0 Å². The van der Waals surface area contributed by atoms with Gasteiger partial charge in [-0.05, 0) is 45.6 Å². The summed E-state index contributed by atoms with van der Waals surface area (Å²) in [5, 5.41) is 12.4. The second-order valence-corrected chi connectivity index (χ2v) is 6.11. The summed E-state index contributed by atoms with van der Waals surface area (Å²) in [5.74, 6) is -0.220. The molecule has 0 atom stereocenters. The van der Waals surface area contributed by atoms with E-state index in [9.17, 15) is 4.79 Å². The highest BCUT2D eigenvalue weighted by molar-refractivity contribution is 9.10. The minimum Gasteiger partial charge on any atom is -0.399 e. The van der Waals surface area contributed by atoms with Crippen LogP contribution in [0.4, 0.5) is 5.69 Å². The van der Waals surface area contributed by atoms with Gasteiger partial charge in [0, 0.05) is 20.4 Å². The van der Waals surface area contributed by atoms with E-state index in [1.54, 1.807) is 23.5 Å². The molecule has 0 fully saturated rings. The quantitative estimate of drug-likeness (QED) is 0.635. The number of thiophene rings is 1. The summed E-state index contributed by atoms with van der Waals surface area (Å²) in [5.41, 5.74) is 7.50. The van der Waals surface area contributed by atoms with Gasteiger partial charge < -0.3 is 11.1 Å². The van der Waals surface area contributed by atoms with Gasteiger partial charge in [0.1, 0.15) is 0 Å². The molecule has 2 heterocycles. The third-order valence-corrected chi connectivity index (χ3v) is 4.83. The summed E-state index contributed by atoms with van der Waals surface area (Å²) < 4.78 is 0.999. The Balaban J connectivity index is 1.82. The molecule has 0 radical (unpaired) electrons. The van der Waals surface area contributed by atoms with Gasteiger partial charge in [-0.25, -0.2) is 0 Å². The normalized spacial score (nSPS) is 10.8. The van der Waals surface area contributed by atoms with Crippen molar-refractivity contribution in [2.45, 2.75) is 6.54 Å². The lowest BCUT2D eigenvalue weighted by molar-refractivity contribution is 0.0948. The van der Waals surface area contributed by atoms with Crippen molar-refractivity contribution in [2.75, 3.05) is 5.73 Å². The lowest BCUT2D eigenvalue weighted by Gasteiger charge is -2.02. The smallest absolute Gasteiger partial charge is 0.272 e. The highest BCUT2D eigenvalue weighted by atomic mass is 79.9. The van der Waals surface area contributed by atoms with Crippen LogP contribution in [0.15, 0.2) is 34.1 Å². The van der Waals surface area contributed by atoms with E-state index in [2.05, 4.69) is 31.4 Å². The molecule has 5 nitrogen and oxygen atoms in total. The first-order valence-electron chi connectivity index (χ1n) is 5.89. The van der Waals surface area contributed by atoms with E-state index in [1.165, 1.54) is 0 Å². The number of halogens is 1. The van der Waals surface area contributed by atoms with Crippen LogP contribution in [0.1, 0.15) is 15.4 Å². The van der Waals surface area contributed by atoms with Crippen LogP contribution in [0.25, 0.3) is 10.9 Å². The standard InChI is InChI=1S/C13H11BrN4OS/c14-9-3-4-20-11(9)6-16-13(19)12-8-5-7(15)1-2-10(8)17-18-12/h1-5H,6,15H2,(H,16,19)(H,17,18). The maximum atomic E-state index is 12.2. The van der Waals surface area contributed by atoms with Crippen molar-refractivity contribution in [1.29, 1.82) is 0 Å². The molecule has 3 aromatic rings. The van der Waals surface area contributed by atoms with Gasteiger partial charge in [0.25, 0.3) is 5.91 Å². The number of nitrogens with two attached hydrogens (primary N) is 1. The molecule has 1 amide bonds. The molecule has 4 N–H and O–H groups in total. The molecule has 0 aliphatic rings. The van der Waals surface area contributed by atoms with Crippen molar-refractivity contribution in [3.8, 4) is 0 Å². The third-order valence-electron chi connectivity index (χ3n) is 2.90. The minimum atomic E-state index is -0.220. The first-order chi connectivity index (χ1) is 9.65. The van der Waals surface area contributed by atoms with E-state index >= 15 is 0 Å². The van der Waals surface area contributed by atoms with Crippen molar-refractivity contribution < 1.29 is 4.79 Å². The van der Waals surface area contributed by atoms with Crippen molar-refractivity contribution >= 4 is 49.8 Å². The predicted octanol–water partition coefficient (Wildman–Crippen LogP) is 2.90. The Bertz CT molecular complexity index is 780. The van der Waals surface area contributed by atoms with Crippen LogP contribution in [-0.4, -0.2) is 16.1 Å². The number of carbonyl (C=O) groups is 1. The predicted molar refractivity (Wildman–Crippen MR) is 83.7 cm³/mol. The van der Waals surface area contributed by atoms with E-state index in [0.717, 1.165) is 20.3 Å². The molecule has 0 saturated heterocycles. The zero-order valence-electron chi connectivity index (χ0n) is 10.3. The maximum absolute atomic E-state index is 12.2. The number of anilines is 1. The molecule has 2 aromatic heterocycles. The molecule has 0 aliphatic heterocycles. The summed E-state index contributed by atoms with van der Waals surface area (Å²) in [7, 11) is 0. The largest absolute Gasteiger partial charge is 0.399 e. The highest BCUT2D eigenvalue weighted by Crippen LogP contribution is 2.23. The second-order valence-electron chi connectivity index (χ2n) is 4.25. The number of aromatic nitrogens is 2. The van der Waals surface area contributed by atoms with Crippen molar-refractivity contribution in [2.24, 2.45) is 0 Å². The Hall–Kier alpha value is -1.86. The van der Waals surface area contributed by atoms with Crippen LogP contribution in [0, 0.1) is 0 Å². The van der Waals surface area contributed by atoms with E-state index in [0.29, 0.717) is 17.9 Å². The lowest BCUT2D eigenvalue weighted by atomic mass is 10.2. The van der Waals surface area contributed by atoms with Gasteiger partial charge in [0.2, 0.25) is 0 Å². The molecule has 1 aromatic carbocycles. The number of fused-ring (bicyclic) bond motifs is 1. The van der Waals surface area contributed by atoms with Gasteiger partial charge in [-0.15, -0.1) is 11.3 Å². The summed E-state index contributed by atoms with van der Waals surface area (Å²) in [6.45, 7) is 0.466. The molecule has 7 heteroatoms. The summed E-state index contributed by atoms with van der Waals surface area (Å²) in [4.78, 5) is 13.3. The van der Waals surface area contributed by atoms with Crippen LogP contribution in [-0.2, 0) is 6.54 Å². The highest BCUT2D eigenvalue weighted by Gasteiger charge is 2.14. The number of H-pyrrole nitrogens is 1. The number of nitrogen functional groups attached to an aromatic ring is 1. The molecule has 0 unspecified atom stereocenters.